The van der Waals surface area contributed by atoms with Crippen LogP contribution in [0.1, 0.15) is 5.56 Å². The number of carbonyl (C=O) groups is 1. The first kappa shape index (κ1) is 15.4. The van der Waals surface area contributed by atoms with Gasteiger partial charge in [-0.3, -0.25) is 4.79 Å². The minimum atomic E-state index is -0.479. The van der Waals surface area contributed by atoms with Gasteiger partial charge in [-0.2, -0.15) is 5.26 Å². The Labute approximate surface area is 139 Å². The molecular formula is C19H15N3O2. The summed E-state index contributed by atoms with van der Waals surface area (Å²) in [6, 6.07) is 16.7. The van der Waals surface area contributed by atoms with Gasteiger partial charge in [-0.05, 0) is 24.3 Å². The van der Waals surface area contributed by atoms with Gasteiger partial charge in [0.1, 0.15) is 17.4 Å². The van der Waals surface area contributed by atoms with Crippen molar-refractivity contribution in [2.75, 3.05) is 12.4 Å². The fraction of sp³-hybridized carbons (Fsp3) is 0.0526. The number of fused-ring (bicyclic) bond motifs is 1. The van der Waals surface area contributed by atoms with Crippen molar-refractivity contribution < 1.29 is 9.53 Å². The van der Waals surface area contributed by atoms with Gasteiger partial charge in [0, 0.05) is 22.7 Å². The Morgan fingerprint density at radius 1 is 1.21 bits per heavy atom. The molecule has 2 N–H and O–H groups in total. The molecule has 0 aliphatic rings. The van der Waals surface area contributed by atoms with Crippen LogP contribution in [0, 0.1) is 11.3 Å². The Balaban J connectivity index is 1.91. The van der Waals surface area contributed by atoms with E-state index in [0.717, 1.165) is 16.5 Å². The zero-order valence-electron chi connectivity index (χ0n) is 13.0. The molecular weight excluding hydrogens is 302 g/mol. The van der Waals surface area contributed by atoms with Crippen molar-refractivity contribution in [1.29, 1.82) is 5.26 Å². The summed E-state index contributed by atoms with van der Waals surface area (Å²) in [4.78, 5) is 15.5. The number of carbonyl (C=O) groups excluding carboxylic acids is 1. The highest BCUT2D eigenvalue weighted by molar-refractivity contribution is 6.11. The molecule has 0 spiro atoms. The molecule has 3 aromatic rings. The van der Waals surface area contributed by atoms with Crippen molar-refractivity contribution in [2.24, 2.45) is 0 Å². The third-order valence-electron chi connectivity index (χ3n) is 3.64. The lowest BCUT2D eigenvalue weighted by Crippen LogP contribution is -2.14. The number of H-pyrrole nitrogens is 1. The highest BCUT2D eigenvalue weighted by atomic mass is 16.5. The average Bonchev–Trinajstić information content (AvgIpc) is 3.03. The van der Waals surface area contributed by atoms with E-state index in [1.807, 2.05) is 36.4 Å². The van der Waals surface area contributed by atoms with Crippen molar-refractivity contribution >= 4 is 28.6 Å². The predicted molar refractivity (Wildman–Crippen MR) is 93.5 cm³/mol. The zero-order valence-corrected chi connectivity index (χ0v) is 13.0. The van der Waals surface area contributed by atoms with Gasteiger partial charge in [-0.25, -0.2) is 0 Å². The summed E-state index contributed by atoms with van der Waals surface area (Å²) in [6.45, 7) is 0. The number of benzene rings is 2. The predicted octanol–water partition coefficient (Wildman–Crippen LogP) is 3.72. The van der Waals surface area contributed by atoms with Crippen molar-refractivity contribution in [3.05, 3.63) is 65.9 Å². The molecule has 0 atom stereocenters. The lowest BCUT2D eigenvalue weighted by atomic mass is 10.1. The molecule has 0 bridgehead atoms. The van der Waals surface area contributed by atoms with E-state index in [2.05, 4.69) is 10.3 Å². The molecule has 1 aromatic heterocycles. The molecule has 3 rings (SSSR count). The highest BCUT2D eigenvalue weighted by Crippen LogP contribution is 2.24. The SMILES string of the molecule is COc1ccccc1NC(=O)C(C#N)=Cc1c[nH]c2ccccc12. The maximum Gasteiger partial charge on any atom is 0.266 e. The van der Waals surface area contributed by atoms with Gasteiger partial charge in [0.05, 0.1) is 12.8 Å². The number of aromatic nitrogens is 1. The highest BCUT2D eigenvalue weighted by Gasteiger charge is 2.13. The molecule has 0 aliphatic carbocycles. The monoisotopic (exact) mass is 317 g/mol. The van der Waals surface area contributed by atoms with E-state index in [4.69, 9.17) is 4.74 Å². The molecule has 0 radical (unpaired) electrons. The first-order chi connectivity index (χ1) is 11.7. The molecule has 1 heterocycles. The number of hydrogen-bond acceptors (Lipinski definition) is 3. The number of hydrogen-bond donors (Lipinski definition) is 2. The Morgan fingerprint density at radius 2 is 1.96 bits per heavy atom. The van der Waals surface area contributed by atoms with Crippen molar-refractivity contribution in [3.63, 3.8) is 0 Å². The van der Waals surface area contributed by atoms with Crippen LogP contribution in [0.2, 0.25) is 0 Å². The minimum Gasteiger partial charge on any atom is -0.495 e. The van der Waals surface area contributed by atoms with Gasteiger partial charge in [0.15, 0.2) is 0 Å². The maximum atomic E-state index is 12.4. The number of rotatable bonds is 4. The molecule has 1 amide bonds. The van der Waals surface area contributed by atoms with Gasteiger partial charge >= 0.3 is 0 Å². The lowest BCUT2D eigenvalue weighted by molar-refractivity contribution is -0.112. The number of amides is 1. The molecule has 0 saturated heterocycles. The van der Waals surface area contributed by atoms with Gasteiger partial charge < -0.3 is 15.0 Å². The first-order valence-electron chi connectivity index (χ1n) is 7.35. The number of nitrogens with one attached hydrogen (secondary N) is 2. The van der Waals surface area contributed by atoms with Crippen LogP contribution in [-0.2, 0) is 4.79 Å². The minimum absolute atomic E-state index is 0.0191. The van der Waals surface area contributed by atoms with Gasteiger partial charge in [-0.1, -0.05) is 30.3 Å². The zero-order chi connectivity index (χ0) is 16.9. The van der Waals surface area contributed by atoms with E-state index in [1.54, 1.807) is 30.5 Å². The van der Waals surface area contributed by atoms with Crippen LogP contribution in [0.3, 0.4) is 0 Å². The van der Waals surface area contributed by atoms with E-state index < -0.39 is 5.91 Å². The van der Waals surface area contributed by atoms with Gasteiger partial charge in [0.25, 0.3) is 5.91 Å². The number of methoxy groups -OCH3 is 1. The molecule has 0 fully saturated rings. The van der Waals surface area contributed by atoms with Crippen LogP contribution in [0.25, 0.3) is 17.0 Å². The maximum absolute atomic E-state index is 12.4. The van der Waals surface area contributed by atoms with Crippen LogP contribution in [-0.4, -0.2) is 18.0 Å². The summed E-state index contributed by atoms with van der Waals surface area (Å²) in [6.07, 6.45) is 3.35. The molecule has 5 nitrogen and oxygen atoms in total. The largest absolute Gasteiger partial charge is 0.495 e. The lowest BCUT2D eigenvalue weighted by Gasteiger charge is -2.09. The van der Waals surface area contributed by atoms with E-state index in [9.17, 15) is 10.1 Å². The normalized spacial score (nSPS) is 11.1. The van der Waals surface area contributed by atoms with Crippen LogP contribution in [0.15, 0.2) is 60.3 Å². The quantitative estimate of drug-likeness (QED) is 0.568. The van der Waals surface area contributed by atoms with E-state index in [1.165, 1.54) is 7.11 Å². The summed E-state index contributed by atoms with van der Waals surface area (Å²) >= 11 is 0. The smallest absolute Gasteiger partial charge is 0.266 e. The number of ether oxygens (including phenoxy) is 1. The third kappa shape index (κ3) is 2.99. The summed E-state index contributed by atoms with van der Waals surface area (Å²) in [5, 5.41) is 13.0. The van der Waals surface area contributed by atoms with Gasteiger partial charge in [-0.15, -0.1) is 0 Å². The second kappa shape index (κ2) is 6.71. The van der Waals surface area contributed by atoms with E-state index >= 15 is 0 Å². The van der Waals surface area contributed by atoms with Crippen LogP contribution in [0.4, 0.5) is 5.69 Å². The molecule has 24 heavy (non-hydrogen) atoms. The number of aromatic amines is 1. The number of anilines is 1. The van der Waals surface area contributed by atoms with Crippen LogP contribution < -0.4 is 10.1 Å². The second-order valence-corrected chi connectivity index (χ2v) is 5.11. The number of nitriles is 1. The fourth-order valence-electron chi connectivity index (χ4n) is 2.46. The summed E-state index contributed by atoms with van der Waals surface area (Å²) < 4.78 is 5.20. The molecule has 5 heteroatoms. The third-order valence-corrected chi connectivity index (χ3v) is 3.64. The summed E-state index contributed by atoms with van der Waals surface area (Å²) in [5.74, 6) is 0.0579. The molecule has 0 unspecified atom stereocenters. The topological polar surface area (TPSA) is 77.9 Å². The summed E-state index contributed by atoms with van der Waals surface area (Å²) in [7, 11) is 1.53. The molecule has 118 valence electrons. The van der Waals surface area contributed by atoms with E-state index in [0.29, 0.717) is 11.4 Å². The second-order valence-electron chi connectivity index (χ2n) is 5.11. The van der Waals surface area contributed by atoms with Crippen LogP contribution in [0.5, 0.6) is 5.75 Å². The van der Waals surface area contributed by atoms with Gasteiger partial charge in [0.2, 0.25) is 0 Å². The first-order valence-corrected chi connectivity index (χ1v) is 7.35. The molecule has 2 aromatic carbocycles. The standard InChI is InChI=1S/C19H15N3O2/c1-24-18-9-5-4-8-17(18)22-19(23)13(11-20)10-14-12-21-16-7-3-2-6-15(14)16/h2-10,12,21H,1H3,(H,22,23). The Morgan fingerprint density at radius 3 is 2.75 bits per heavy atom. The summed E-state index contributed by atoms with van der Waals surface area (Å²) in [5.41, 5.74) is 2.28. The number of para-hydroxylation sites is 3. The fourth-order valence-corrected chi connectivity index (χ4v) is 2.46. The Kier molecular flexibility index (Phi) is 4.30. The van der Waals surface area contributed by atoms with Crippen molar-refractivity contribution in [3.8, 4) is 11.8 Å². The van der Waals surface area contributed by atoms with Crippen molar-refractivity contribution in [2.45, 2.75) is 0 Å². The molecule has 0 saturated carbocycles. The molecule has 0 aliphatic heterocycles. The van der Waals surface area contributed by atoms with E-state index in [-0.39, 0.29) is 5.57 Å². The Hall–Kier alpha value is -3.52. The average molecular weight is 317 g/mol. The number of nitrogens with zero attached hydrogens (tertiary/aromatic N) is 1. The van der Waals surface area contributed by atoms with Crippen molar-refractivity contribution in [1.82, 2.24) is 4.98 Å². The van der Waals surface area contributed by atoms with Crippen LogP contribution >= 0.6 is 0 Å². The Bertz CT molecular complexity index is 964.